The third-order valence-electron chi connectivity index (χ3n) is 4.42. The highest BCUT2D eigenvalue weighted by molar-refractivity contribution is 14.0. The summed E-state index contributed by atoms with van der Waals surface area (Å²) in [5.74, 6) is 2.95. The van der Waals surface area contributed by atoms with Gasteiger partial charge in [0.15, 0.2) is 11.8 Å². The molecule has 2 aliphatic heterocycles. The monoisotopic (exact) mass is 448 g/mol. The smallest absolute Gasteiger partial charge is 0.191 e. The second kappa shape index (κ2) is 8.46. The maximum absolute atomic E-state index is 5.30. The van der Waals surface area contributed by atoms with Crippen molar-refractivity contribution >= 4 is 29.9 Å². The molecule has 0 radical (unpaired) electrons. The minimum Gasteiger partial charge on any atom is -0.380 e. The number of aromatic nitrogens is 3. The first-order valence-corrected chi connectivity index (χ1v) is 8.67. The van der Waals surface area contributed by atoms with E-state index in [0.717, 1.165) is 69.7 Å². The highest BCUT2D eigenvalue weighted by Gasteiger charge is 2.33. The van der Waals surface area contributed by atoms with E-state index in [1.165, 1.54) is 0 Å². The van der Waals surface area contributed by atoms with Gasteiger partial charge in [0.25, 0.3) is 0 Å². The first-order valence-electron chi connectivity index (χ1n) is 8.67. The molecule has 0 bridgehead atoms. The molecule has 1 saturated heterocycles. The van der Waals surface area contributed by atoms with Crippen molar-refractivity contribution in [2.24, 2.45) is 10.4 Å². The summed E-state index contributed by atoms with van der Waals surface area (Å²) in [6, 6.07) is 0.345. The summed E-state index contributed by atoms with van der Waals surface area (Å²) in [4.78, 5) is 9.32. The first kappa shape index (κ1) is 19.4. The van der Waals surface area contributed by atoms with Gasteiger partial charge in [0.2, 0.25) is 0 Å². The number of fused-ring (bicyclic) bond motifs is 1. The van der Waals surface area contributed by atoms with E-state index in [2.05, 4.69) is 41.5 Å². The van der Waals surface area contributed by atoms with E-state index in [-0.39, 0.29) is 29.4 Å². The summed E-state index contributed by atoms with van der Waals surface area (Å²) in [5, 5.41) is 11.5. The van der Waals surface area contributed by atoms with Crippen molar-refractivity contribution in [2.75, 3.05) is 26.3 Å². The van der Waals surface area contributed by atoms with Gasteiger partial charge in [0.1, 0.15) is 5.82 Å². The van der Waals surface area contributed by atoms with Crippen LogP contribution in [-0.2, 0) is 24.1 Å². The first-order chi connectivity index (χ1) is 11.1. The van der Waals surface area contributed by atoms with Crippen LogP contribution in [0, 0.1) is 5.41 Å². The second-order valence-corrected chi connectivity index (χ2v) is 6.86. The molecule has 2 N–H and O–H groups in total. The minimum absolute atomic E-state index is 0. The summed E-state index contributed by atoms with van der Waals surface area (Å²) in [6.07, 6.45) is 2.92. The summed E-state index contributed by atoms with van der Waals surface area (Å²) in [6.45, 7) is 10.5. The molecule has 0 spiro atoms. The van der Waals surface area contributed by atoms with Gasteiger partial charge in [-0.05, 0) is 13.3 Å². The molecule has 0 aromatic carbocycles. The molecule has 3 heterocycles. The largest absolute Gasteiger partial charge is 0.380 e. The number of guanidine groups is 1. The highest BCUT2D eigenvalue weighted by Crippen LogP contribution is 2.26. The van der Waals surface area contributed by atoms with Crippen LogP contribution >= 0.6 is 24.0 Å². The fourth-order valence-electron chi connectivity index (χ4n) is 2.95. The van der Waals surface area contributed by atoms with E-state index in [4.69, 9.17) is 9.73 Å². The average Bonchev–Trinajstić information content (AvgIpc) is 2.93. The molecular formula is C16H29IN6O. The molecule has 3 rings (SSSR count). The number of aliphatic imine (C=N–C) groups is 1. The predicted octanol–water partition coefficient (Wildman–Crippen LogP) is 1.36. The lowest BCUT2D eigenvalue weighted by Gasteiger charge is -2.36. The van der Waals surface area contributed by atoms with Gasteiger partial charge in [0.05, 0.1) is 26.3 Å². The van der Waals surface area contributed by atoms with Crippen LogP contribution < -0.4 is 10.6 Å². The molecule has 1 atom stereocenters. The van der Waals surface area contributed by atoms with Crippen molar-refractivity contribution in [1.82, 2.24) is 25.4 Å². The third kappa shape index (κ3) is 4.59. The summed E-state index contributed by atoms with van der Waals surface area (Å²) in [7, 11) is 0. The standard InChI is InChI=1S/C16H28N6O.HI/c1-4-13-20-14-7-6-12(8-22(14)21-13)19-15(17-5-2)18-9-16(3)10-23-11-16;/h12H,4-11H2,1-3H3,(H2,17,18,19);1H. The lowest BCUT2D eigenvalue weighted by molar-refractivity contribution is -0.0945. The fraction of sp³-hybridized carbons (Fsp3) is 0.812. The van der Waals surface area contributed by atoms with Gasteiger partial charge in [-0.3, -0.25) is 4.99 Å². The molecule has 136 valence electrons. The number of aryl methyl sites for hydroxylation is 2. The number of nitrogens with one attached hydrogen (secondary N) is 2. The van der Waals surface area contributed by atoms with Gasteiger partial charge in [-0.2, -0.15) is 5.10 Å². The maximum atomic E-state index is 5.30. The zero-order valence-electron chi connectivity index (χ0n) is 14.8. The molecule has 1 unspecified atom stereocenters. The van der Waals surface area contributed by atoms with E-state index in [9.17, 15) is 0 Å². The molecule has 0 aliphatic carbocycles. The van der Waals surface area contributed by atoms with Crippen LogP contribution in [0.5, 0.6) is 0 Å². The molecule has 0 amide bonds. The molecule has 7 nitrogen and oxygen atoms in total. The van der Waals surface area contributed by atoms with E-state index in [1.54, 1.807) is 0 Å². The Labute approximate surface area is 161 Å². The van der Waals surface area contributed by atoms with E-state index in [0.29, 0.717) is 6.04 Å². The van der Waals surface area contributed by atoms with Crippen molar-refractivity contribution in [2.45, 2.75) is 52.6 Å². The van der Waals surface area contributed by atoms with Crippen LogP contribution in [0.15, 0.2) is 4.99 Å². The minimum atomic E-state index is 0. The van der Waals surface area contributed by atoms with Crippen LogP contribution in [0.4, 0.5) is 0 Å². The van der Waals surface area contributed by atoms with Crippen LogP contribution in [0.25, 0.3) is 0 Å². The highest BCUT2D eigenvalue weighted by atomic mass is 127. The Morgan fingerprint density at radius 3 is 2.83 bits per heavy atom. The molecule has 1 aromatic rings. The molecule has 0 saturated carbocycles. The molecule has 24 heavy (non-hydrogen) atoms. The lowest BCUT2D eigenvalue weighted by Crippen LogP contribution is -2.48. The quantitative estimate of drug-likeness (QED) is 0.404. The van der Waals surface area contributed by atoms with Crippen molar-refractivity contribution in [3.05, 3.63) is 11.6 Å². The third-order valence-corrected chi connectivity index (χ3v) is 4.42. The molecule has 8 heteroatoms. The summed E-state index contributed by atoms with van der Waals surface area (Å²) >= 11 is 0. The zero-order valence-corrected chi connectivity index (χ0v) is 17.2. The average molecular weight is 448 g/mol. The number of ether oxygens (including phenoxy) is 1. The second-order valence-electron chi connectivity index (χ2n) is 6.86. The normalized spacial score (nSPS) is 22.1. The van der Waals surface area contributed by atoms with Gasteiger partial charge in [0, 0.05) is 30.8 Å². The molecular weight excluding hydrogens is 419 g/mol. The number of rotatable bonds is 5. The zero-order chi connectivity index (χ0) is 16.3. The number of nitrogens with zero attached hydrogens (tertiary/aromatic N) is 4. The summed E-state index contributed by atoms with van der Waals surface area (Å²) in [5.41, 5.74) is 0.198. The van der Waals surface area contributed by atoms with Gasteiger partial charge in [-0.1, -0.05) is 13.8 Å². The van der Waals surface area contributed by atoms with Gasteiger partial charge in [-0.15, -0.1) is 24.0 Å². The molecule has 1 aromatic heterocycles. The predicted molar refractivity (Wildman–Crippen MR) is 105 cm³/mol. The Balaban J connectivity index is 0.00000208. The SMILES string of the molecule is CCNC(=NCC1(C)COC1)NC1CCc2nc(CC)nn2C1.I. The van der Waals surface area contributed by atoms with Gasteiger partial charge < -0.3 is 15.4 Å². The topological polar surface area (TPSA) is 76.4 Å². The van der Waals surface area contributed by atoms with Crippen molar-refractivity contribution in [3.63, 3.8) is 0 Å². The number of hydrogen-bond donors (Lipinski definition) is 2. The van der Waals surface area contributed by atoms with Gasteiger partial charge >= 0.3 is 0 Å². The number of halogens is 1. The van der Waals surface area contributed by atoms with Crippen molar-refractivity contribution < 1.29 is 4.74 Å². The van der Waals surface area contributed by atoms with Crippen LogP contribution in [0.1, 0.15) is 38.8 Å². The van der Waals surface area contributed by atoms with Crippen molar-refractivity contribution in [1.29, 1.82) is 0 Å². The fourth-order valence-corrected chi connectivity index (χ4v) is 2.95. The molecule has 2 aliphatic rings. The number of hydrogen-bond acceptors (Lipinski definition) is 4. The van der Waals surface area contributed by atoms with E-state index in [1.807, 2.05) is 4.68 Å². The Morgan fingerprint density at radius 2 is 2.21 bits per heavy atom. The van der Waals surface area contributed by atoms with Crippen LogP contribution in [-0.4, -0.2) is 53.1 Å². The van der Waals surface area contributed by atoms with E-state index >= 15 is 0 Å². The Hall–Kier alpha value is -0.900. The van der Waals surface area contributed by atoms with Crippen LogP contribution in [0.3, 0.4) is 0 Å². The maximum Gasteiger partial charge on any atom is 0.191 e. The molecule has 1 fully saturated rings. The van der Waals surface area contributed by atoms with Crippen LogP contribution in [0.2, 0.25) is 0 Å². The Bertz CT molecular complexity index is 569. The Kier molecular flexibility index (Phi) is 6.85. The van der Waals surface area contributed by atoms with Gasteiger partial charge in [-0.25, -0.2) is 9.67 Å². The van der Waals surface area contributed by atoms with Crippen molar-refractivity contribution in [3.8, 4) is 0 Å². The Morgan fingerprint density at radius 1 is 1.42 bits per heavy atom. The lowest BCUT2D eigenvalue weighted by atomic mass is 9.89. The van der Waals surface area contributed by atoms with E-state index < -0.39 is 0 Å². The summed E-state index contributed by atoms with van der Waals surface area (Å²) < 4.78 is 7.35.